The average molecular weight is 475 g/mol. The number of H-pyrrole nitrogens is 1. The van der Waals surface area contributed by atoms with Gasteiger partial charge < -0.3 is 20.5 Å². The second kappa shape index (κ2) is 8.78. The molecule has 1 saturated heterocycles. The van der Waals surface area contributed by atoms with Crippen molar-refractivity contribution in [3.8, 4) is 11.1 Å². The number of aryl methyl sites for hydroxylation is 1. The third-order valence-corrected chi connectivity index (χ3v) is 6.54. The van der Waals surface area contributed by atoms with Crippen LogP contribution >= 0.6 is 11.6 Å². The quantitative estimate of drug-likeness (QED) is 0.469. The summed E-state index contributed by atoms with van der Waals surface area (Å²) < 4.78 is 0. The van der Waals surface area contributed by atoms with Crippen LogP contribution < -0.4 is 10.6 Å². The first-order valence-electron chi connectivity index (χ1n) is 11.5. The lowest BCUT2D eigenvalue weighted by atomic mass is 9.94. The van der Waals surface area contributed by atoms with Crippen molar-refractivity contribution >= 4 is 40.8 Å². The fraction of sp³-hybridized carbons (Fsp3) is 0.259. The van der Waals surface area contributed by atoms with Crippen molar-refractivity contribution in [1.82, 2.24) is 15.2 Å². The number of aromatic nitrogens is 1. The molecule has 6 nitrogen and oxygen atoms in total. The first kappa shape index (κ1) is 22.4. The van der Waals surface area contributed by atoms with Crippen molar-refractivity contribution in [3.05, 3.63) is 76.1 Å². The van der Waals surface area contributed by atoms with Gasteiger partial charge in [-0.1, -0.05) is 35.9 Å². The van der Waals surface area contributed by atoms with Gasteiger partial charge in [0.1, 0.15) is 0 Å². The number of hydrogen-bond acceptors (Lipinski definition) is 3. The Morgan fingerprint density at radius 2 is 1.82 bits per heavy atom. The summed E-state index contributed by atoms with van der Waals surface area (Å²) in [6.07, 6.45) is 1.80. The molecule has 0 spiro atoms. The standard InChI is InChI=1S/C27H27ClN4O2/c1-15-10-21(27(34)32-13-16(2)29-17(3)14-32)24(30-15)12-22-25-20(18-6-4-7-19(28)11-18)8-5-9-23(25)31-26(22)33/h4-12,16-17,29-30H,13-14H2,1-3H3,(H,31,33)/b22-12-/t16-,17-/m0/s1. The molecule has 3 N–H and O–H groups in total. The fourth-order valence-electron chi connectivity index (χ4n) is 4.99. The van der Waals surface area contributed by atoms with E-state index < -0.39 is 0 Å². The average Bonchev–Trinajstić information content (AvgIpc) is 3.31. The minimum absolute atomic E-state index is 0.0295. The maximum absolute atomic E-state index is 13.5. The third kappa shape index (κ3) is 4.15. The van der Waals surface area contributed by atoms with Crippen molar-refractivity contribution in [3.63, 3.8) is 0 Å². The van der Waals surface area contributed by atoms with Crippen LogP contribution in [0.15, 0.2) is 48.5 Å². The minimum atomic E-state index is -0.195. The number of piperazine rings is 1. The molecule has 34 heavy (non-hydrogen) atoms. The zero-order chi connectivity index (χ0) is 24.0. The molecule has 7 heteroatoms. The lowest BCUT2D eigenvalue weighted by Gasteiger charge is -2.36. The van der Waals surface area contributed by atoms with Gasteiger partial charge in [0.15, 0.2) is 0 Å². The van der Waals surface area contributed by atoms with Crippen LogP contribution in [0.3, 0.4) is 0 Å². The molecule has 0 bridgehead atoms. The number of anilines is 1. The van der Waals surface area contributed by atoms with Gasteiger partial charge in [-0.15, -0.1) is 0 Å². The van der Waals surface area contributed by atoms with Crippen molar-refractivity contribution in [1.29, 1.82) is 0 Å². The summed E-state index contributed by atoms with van der Waals surface area (Å²) in [6.45, 7) is 7.37. The Labute approximate surface area is 204 Å². The highest BCUT2D eigenvalue weighted by Gasteiger charge is 2.30. The second-order valence-corrected chi connectivity index (χ2v) is 9.65. The molecule has 3 aromatic rings. The van der Waals surface area contributed by atoms with Gasteiger partial charge in [0.25, 0.3) is 11.8 Å². The third-order valence-electron chi connectivity index (χ3n) is 6.31. The van der Waals surface area contributed by atoms with Gasteiger partial charge in [-0.3, -0.25) is 9.59 Å². The number of nitrogens with one attached hydrogen (secondary N) is 3. The second-order valence-electron chi connectivity index (χ2n) is 9.21. The van der Waals surface area contributed by atoms with Crippen LogP contribution in [-0.4, -0.2) is 46.9 Å². The Morgan fingerprint density at radius 1 is 1.09 bits per heavy atom. The number of carbonyl (C=O) groups excluding carboxylic acids is 2. The number of hydrogen-bond donors (Lipinski definition) is 3. The molecule has 174 valence electrons. The van der Waals surface area contributed by atoms with Crippen LogP contribution in [0.5, 0.6) is 0 Å². The summed E-state index contributed by atoms with van der Waals surface area (Å²) in [5.41, 5.74) is 5.99. The van der Waals surface area contributed by atoms with E-state index in [1.807, 2.05) is 60.4 Å². The smallest absolute Gasteiger partial charge is 0.256 e. The van der Waals surface area contributed by atoms with Crippen LogP contribution in [0.1, 0.15) is 41.2 Å². The highest BCUT2D eigenvalue weighted by atomic mass is 35.5. The molecule has 2 aliphatic rings. The van der Waals surface area contributed by atoms with Crippen LogP contribution in [-0.2, 0) is 4.79 Å². The molecule has 2 aromatic carbocycles. The number of rotatable bonds is 3. The first-order chi connectivity index (χ1) is 16.3. The number of halogens is 1. The number of benzene rings is 2. The van der Waals surface area contributed by atoms with Gasteiger partial charge in [0.2, 0.25) is 0 Å². The molecule has 0 aliphatic carbocycles. The van der Waals surface area contributed by atoms with E-state index >= 15 is 0 Å². The first-order valence-corrected chi connectivity index (χ1v) is 11.8. The molecule has 2 amide bonds. The molecule has 0 unspecified atom stereocenters. The van der Waals surface area contributed by atoms with Gasteiger partial charge in [-0.25, -0.2) is 0 Å². The Kier molecular flexibility index (Phi) is 5.80. The van der Waals surface area contributed by atoms with E-state index in [0.29, 0.717) is 34.9 Å². The van der Waals surface area contributed by atoms with E-state index in [1.54, 1.807) is 6.08 Å². The normalized spacial score (nSPS) is 21.0. The molecule has 2 aliphatic heterocycles. The van der Waals surface area contributed by atoms with E-state index in [4.69, 9.17) is 11.6 Å². The van der Waals surface area contributed by atoms with E-state index in [2.05, 4.69) is 29.5 Å². The number of nitrogens with zero attached hydrogens (tertiary/aromatic N) is 1. The number of fused-ring (bicyclic) bond motifs is 1. The van der Waals surface area contributed by atoms with Crippen molar-refractivity contribution < 1.29 is 9.59 Å². The Balaban J connectivity index is 1.58. The molecule has 1 fully saturated rings. The van der Waals surface area contributed by atoms with Crippen LogP contribution in [0.2, 0.25) is 5.02 Å². The fourth-order valence-corrected chi connectivity index (χ4v) is 5.18. The van der Waals surface area contributed by atoms with Crippen LogP contribution in [0.4, 0.5) is 5.69 Å². The molecule has 0 radical (unpaired) electrons. The minimum Gasteiger partial charge on any atom is -0.358 e. The Morgan fingerprint density at radius 3 is 2.56 bits per heavy atom. The molecule has 0 saturated carbocycles. The molecule has 2 atom stereocenters. The van der Waals surface area contributed by atoms with Crippen molar-refractivity contribution in [2.75, 3.05) is 18.4 Å². The van der Waals surface area contributed by atoms with E-state index in [1.165, 1.54) is 0 Å². The summed E-state index contributed by atoms with van der Waals surface area (Å²) in [5, 5.41) is 7.06. The van der Waals surface area contributed by atoms with Crippen molar-refractivity contribution in [2.45, 2.75) is 32.9 Å². The number of aromatic amines is 1. The lowest BCUT2D eigenvalue weighted by Crippen LogP contribution is -2.55. The van der Waals surface area contributed by atoms with Crippen LogP contribution in [0.25, 0.3) is 22.8 Å². The van der Waals surface area contributed by atoms with Crippen molar-refractivity contribution in [2.24, 2.45) is 0 Å². The van der Waals surface area contributed by atoms with Crippen LogP contribution in [0, 0.1) is 6.92 Å². The van der Waals surface area contributed by atoms with E-state index in [9.17, 15) is 9.59 Å². The predicted molar refractivity (Wildman–Crippen MR) is 137 cm³/mol. The topological polar surface area (TPSA) is 77.2 Å². The summed E-state index contributed by atoms with van der Waals surface area (Å²) in [6, 6.07) is 15.7. The number of carbonyl (C=O) groups is 2. The summed E-state index contributed by atoms with van der Waals surface area (Å²) >= 11 is 6.24. The molecule has 1 aromatic heterocycles. The molecular weight excluding hydrogens is 448 g/mol. The van der Waals surface area contributed by atoms with E-state index in [0.717, 1.165) is 28.1 Å². The summed E-state index contributed by atoms with van der Waals surface area (Å²) in [5.74, 6) is -0.224. The highest BCUT2D eigenvalue weighted by molar-refractivity contribution is 6.36. The SMILES string of the molecule is Cc1cc(C(=O)N2C[C@H](C)N[C@@H](C)C2)c(/C=C2\C(=O)Nc3cccc(-c4cccc(Cl)c4)c32)[nH]1. The number of amides is 2. The monoisotopic (exact) mass is 474 g/mol. The Hall–Kier alpha value is -3.35. The Bertz CT molecular complexity index is 1320. The summed E-state index contributed by atoms with van der Waals surface area (Å²) in [7, 11) is 0. The zero-order valence-corrected chi connectivity index (χ0v) is 20.2. The van der Waals surface area contributed by atoms with Gasteiger partial charge in [0.05, 0.1) is 16.8 Å². The molecule has 5 rings (SSSR count). The van der Waals surface area contributed by atoms with Gasteiger partial charge in [-0.2, -0.15) is 0 Å². The summed E-state index contributed by atoms with van der Waals surface area (Å²) in [4.78, 5) is 31.7. The maximum Gasteiger partial charge on any atom is 0.256 e. The largest absolute Gasteiger partial charge is 0.358 e. The predicted octanol–water partition coefficient (Wildman–Crippen LogP) is 4.96. The highest BCUT2D eigenvalue weighted by Crippen LogP contribution is 2.41. The zero-order valence-electron chi connectivity index (χ0n) is 19.4. The van der Waals surface area contributed by atoms with Gasteiger partial charge in [-0.05, 0) is 62.2 Å². The van der Waals surface area contributed by atoms with Gasteiger partial charge >= 0.3 is 0 Å². The lowest BCUT2D eigenvalue weighted by molar-refractivity contribution is -0.110. The molecular formula is C27H27ClN4O2. The van der Waals surface area contributed by atoms with Gasteiger partial charge in [0, 0.05) is 47.1 Å². The molecule has 3 heterocycles. The maximum atomic E-state index is 13.5. The van der Waals surface area contributed by atoms with E-state index in [-0.39, 0.29) is 23.9 Å².